The summed E-state index contributed by atoms with van der Waals surface area (Å²) in [5.74, 6) is 0.991. The predicted molar refractivity (Wildman–Crippen MR) is 64.3 cm³/mol. The molecule has 0 aromatic heterocycles. The fraction of sp³-hybridized carbons (Fsp3) is 0.917. The first-order valence-corrected chi connectivity index (χ1v) is 6.46. The molecule has 1 saturated carbocycles. The van der Waals surface area contributed by atoms with E-state index in [1.807, 2.05) is 0 Å². The third kappa shape index (κ3) is 3.46. The monoisotopic (exact) mass is 225 g/mol. The summed E-state index contributed by atoms with van der Waals surface area (Å²) >= 11 is 0. The van der Waals surface area contributed by atoms with Crippen LogP contribution in [0.5, 0.6) is 0 Å². The minimum atomic E-state index is 0.209. The average molecular weight is 225 g/mol. The Morgan fingerprint density at radius 2 is 2.12 bits per heavy atom. The van der Waals surface area contributed by atoms with Crippen molar-refractivity contribution in [2.45, 2.75) is 32.2 Å². The van der Waals surface area contributed by atoms with Crippen LogP contribution < -0.4 is 10.6 Å². The molecule has 4 heteroatoms. The zero-order valence-corrected chi connectivity index (χ0v) is 10.2. The number of hydrogen-bond donors (Lipinski definition) is 2. The van der Waals surface area contributed by atoms with Crippen LogP contribution in [0.25, 0.3) is 0 Å². The molecule has 2 aliphatic rings. The molecule has 92 valence electrons. The minimum absolute atomic E-state index is 0.209. The van der Waals surface area contributed by atoms with Crippen molar-refractivity contribution in [1.82, 2.24) is 15.5 Å². The standard InChI is InChI=1S/C12H23N3O/c1-10-2-3-11(8-10)14-12(16)9-15-6-4-13-5-7-15/h10-11,13H,2-9H2,1H3,(H,14,16). The van der Waals surface area contributed by atoms with E-state index in [0.717, 1.165) is 44.9 Å². The Morgan fingerprint density at radius 1 is 1.38 bits per heavy atom. The lowest BCUT2D eigenvalue weighted by molar-refractivity contribution is -0.123. The number of amides is 1. The maximum Gasteiger partial charge on any atom is 0.234 e. The molecule has 1 aliphatic carbocycles. The second-order valence-electron chi connectivity index (χ2n) is 5.21. The Hall–Kier alpha value is -0.610. The van der Waals surface area contributed by atoms with E-state index in [2.05, 4.69) is 22.5 Å². The lowest BCUT2D eigenvalue weighted by atomic mass is 10.1. The normalized spacial score (nSPS) is 31.6. The third-order valence-electron chi connectivity index (χ3n) is 3.64. The Kier molecular flexibility index (Phi) is 4.18. The van der Waals surface area contributed by atoms with Crippen molar-refractivity contribution >= 4 is 5.91 Å². The first-order chi connectivity index (χ1) is 7.74. The van der Waals surface area contributed by atoms with Gasteiger partial charge in [0, 0.05) is 32.2 Å². The molecule has 1 heterocycles. The predicted octanol–water partition coefficient (Wildman–Crippen LogP) is 0.196. The quantitative estimate of drug-likeness (QED) is 0.721. The van der Waals surface area contributed by atoms with E-state index < -0.39 is 0 Å². The van der Waals surface area contributed by atoms with Crippen LogP contribution in [0.2, 0.25) is 0 Å². The zero-order chi connectivity index (χ0) is 11.4. The molecule has 0 aromatic carbocycles. The smallest absolute Gasteiger partial charge is 0.234 e. The molecule has 1 amide bonds. The lowest BCUT2D eigenvalue weighted by Crippen LogP contribution is -2.48. The summed E-state index contributed by atoms with van der Waals surface area (Å²) in [7, 11) is 0. The maximum absolute atomic E-state index is 11.8. The summed E-state index contributed by atoms with van der Waals surface area (Å²) < 4.78 is 0. The van der Waals surface area contributed by atoms with Gasteiger partial charge in [0.2, 0.25) is 5.91 Å². The van der Waals surface area contributed by atoms with Gasteiger partial charge in [-0.1, -0.05) is 6.92 Å². The van der Waals surface area contributed by atoms with Gasteiger partial charge in [0.1, 0.15) is 0 Å². The molecular formula is C12H23N3O. The van der Waals surface area contributed by atoms with Crippen LogP contribution in [0.4, 0.5) is 0 Å². The summed E-state index contributed by atoms with van der Waals surface area (Å²) in [4.78, 5) is 14.0. The summed E-state index contributed by atoms with van der Waals surface area (Å²) in [6.07, 6.45) is 3.58. The molecule has 2 N–H and O–H groups in total. The second kappa shape index (κ2) is 5.64. The lowest BCUT2D eigenvalue weighted by Gasteiger charge is -2.27. The molecule has 1 saturated heterocycles. The number of carbonyl (C=O) groups excluding carboxylic acids is 1. The van der Waals surface area contributed by atoms with Crippen molar-refractivity contribution in [3.8, 4) is 0 Å². The van der Waals surface area contributed by atoms with Gasteiger partial charge >= 0.3 is 0 Å². The van der Waals surface area contributed by atoms with E-state index in [0.29, 0.717) is 12.6 Å². The van der Waals surface area contributed by atoms with Crippen molar-refractivity contribution in [2.75, 3.05) is 32.7 Å². The van der Waals surface area contributed by atoms with E-state index in [1.54, 1.807) is 0 Å². The molecule has 1 aliphatic heterocycles. The average Bonchev–Trinajstić information content (AvgIpc) is 2.65. The second-order valence-corrected chi connectivity index (χ2v) is 5.21. The molecular weight excluding hydrogens is 202 g/mol. The molecule has 2 rings (SSSR count). The Bertz CT molecular complexity index is 230. The molecule has 0 spiro atoms. The maximum atomic E-state index is 11.8. The summed E-state index contributed by atoms with van der Waals surface area (Å²) in [5.41, 5.74) is 0. The van der Waals surface area contributed by atoms with Crippen LogP contribution in [0.1, 0.15) is 26.2 Å². The number of piperazine rings is 1. The number of hydrogen-bond acceptors (Lipinski definition) is 3. The van der Waals surface area contributed by atoms with Crippen molar-refractivity contribution in [3.05, 3.63) is 0 Å². The summed E-state index contributed by atoms with van der Waals surface area (Å²) in [6.45, 7) is 6.85. The van der Waals surface area contributed by atoms with Crippen molar-refractivity contribution < 1.29 is 4.79 Å². The highest BCUT2D eigenvalue weighted by Gasteiger charge is 2.23. The van der Waals surface area contributed by atoms with Crippen LogP contribution in [-0.2, 0) is 4.79 Å². The van der Waals surface area contributed by atoms with E-state index in [1.165, 1.54) is 6.42 Å². The van der Waals surface area contributed by atoms with E-state index in [4.69, 9.17) is 0 Å². The highest BCUT2D eigenvalue weighted by molar-refractivity contribution is 5.78. The Labute approximate surface area is 97.8 Å². The summed E-state index contributed by atoms with van der Waals surface area (Å²) in [6, 6.07) is 0.436. The Morgan fingerprint density at radius 3 is 2.75 bits per heavy atom. The number of carbonyl (C=O) groups is 1. The van der Waals surface area contributed by atoms with Crippen LogP contribution in [0.15, 0.2) is 0 Å². The van der Waals surface area contributed by atoms with Crippen molar-refractivity contribution in [1.29, 1.82) is 0 Å². The van der Waals surface area contributed by atoms with Crippen LogP contribution in [0.3, 0.4) is 0 Å². The molecule has 2 fully saturated rings. The number of nitrogens with zero attached hydrogens (tertiary/aromatic N) is 1. The van der Waals surface area contributed by atoms with Crippen LogP contribution in [-0.4, -0.2) is 49.6 Å². The summed E-state index contributed by atoms with van der Waals surface area (Å²) in [5, 5.41) is 6.45. The van der Waals surface area contributed by atoms with Gasteiger partial charge in [-0.25, -0.2) is 0 Å². The van der Waals surface area contributed by atoms with Gasteiger partial charge in [-0.05, 0) is 25.2 Å². The molecule has 0 aromatic rings. The SMILES string of the molecule is CC1CCC(NC(=O)CN2CCNCC2)C1. The van der Waals surface area contributed by atoms with Gasteiger partial charge in [0.05, 0.1) is 6.54 Å². The first-order valence-electron chi connectivity index (χ1n) is 6.46. The third-order valence-corrected chi connectivity index (χ3v) is 3.64. The van der Waals surface area contributed by atoms with Gasteiger partial charge in [-0.3, -0.25) is 9.69 Å². The zero-order valence-electron chi connectivity index (χ0n) is 10.2. The first kappa shape index (κ1) is 11.9. The molecule has 0 radical (unpaired) electrons. The van der Waals surface area contributed by atoms with Gasteiger partial charge in [-0.2, -0.15) is 0 Å². The topological polar surface area (TPSA) is 44.4 Å². The fourth-order valence-electron chi connectivity index (χ4n) is 2.68. The number of nitrogens with one attached hydrogen (secondary N) is 2. The Balaban J connectivity index is 1.67. The van der Waals surface area contributed by atoms with Gasteiger partial charge in [-0.15, -0.1) is 0 Å². The molecule has 16 heavy (non-hydrogen) atoms. The highest BCUT2D eigenvalue weighted by atomic mass is 16.2. The molecule has 2 atom stereocenters. The molecule has 2 unspecified atom stereocenters. The van der Waals surface area contributed by atoms with Crippen molar-refractivity contribution in [3.63, 3.8) is 0 Å². The van der Waals surface area contributed by atoms with Gasteiger partial charge in [0.15, 0.2) is 0 Å². The molecule has 4 nitrogen and oxygen atoms in total. The van der Waals surface area contributed by atoms with Gasteiger partial charge < -0.3 is 10.6 Å². The largest absolute Gasteiger partial charge is 0.352 e. The van der Waals surface area contributed by atoms with Crippen molar-refractivity contribution in [2.24, 2.45) is 5.92 Å². The van der Waals surface area contributed by atoms with E-state index in [-0.39, 0.29) is 5.91 Å². The highest BCUT2D eigenvalue weighted by Crippen LogP contribution is 2.24. The number of rotatable bonds is 3. The van der Waals surface area contributed by atoms with Crippen LogP contribution in [0, 0.1) is 5.92 Å². The van der Waals surface area contributed by atoms with E-state index in [9.17, 15) is 4.79 Å². The van der Waals surface area contributed by atoms with Gasteiger partial charge in [0.25, 0.3) is 0 Å². The molecule has 0 bridgehead atoms. The fourth-order valence-corrected chi connectivity index (χ4v) is 2.68. The van der Waals surface area contributed by atoms with E-state index >= 15 is 0 Å². The van der Waals surface area contributed by atoms with Crippen LogP contribution >= 0.6 is 0 Å². The minimum Gasteiger partial charge on any atom is -0.352 e.